The Morgan fingerprint density at radius 1 is 1.30 bits per heavy atom. The fourth-order valence-electron chi connectivity index (χ4n) is 2.90. The van der Waals surface area contributed by atoms with Gasteiger partial charge in [0.1, 0.15) is 11.9 Å². The van der Waals surface area contributed by atoms with Crippen molar-refractivity contribution < 1.29 is 27.5 Å². The Hall–Kier alpha value is -1.65. The summed E-state index contributed by atoms with van der Waals surface area (Å²) >= 11 is 1.50. The van der Waals surface area contributed by atoms with Crippen molar-refractivity contribution in [3.05, 3.63) is 30.1 Å². The van der Waals surface area contributed by atoms with Gasteiger partial charge in [-0.05, 0) is 55.5 Å². The van der Waals surface area contributed by atoms with E-state index in [4.69, 9.17) is 0 Å². The van der Waals surface area contributed by atoms with E-state index in [1.807, 2.05) is 6.26 Å². The molecule has 0 radical (unpaired) electrons. The van der Waals surface area contributed by atoms with Gasteiger partial charge in [-0.3, -0.25) is 4.79 Å². The maximum atomic E-state index is 13.0. The van der Waals surface area contributed by atoms with Gasteiger partial charge in [-0.25, -0.2) is 17.6 Å². The van der Waals surface area contributed by atoms with Crippen molar-refractivity contribution in [1.82, 2.24) is 9.62 Å². The number of rotatable bonds is 8. The van der Waals surface area contributed by atoms with Crippen LogP contribution in [-0.2, 0) is 19.6 Å². The smallest absolute Gasteiger partial charge is 0.326 e. The molecule has 1 fully saturated rings. The van der Waals surface area contributed by atoms with Crippen LogP contribution in [0, 0.1) is 11.7 Å². The number of benzene rings is 1. The number of sulfonamides is 1. The van der Waals surface area contributed by atoms with E-state index in [1.54, 1.807) is 0 Å². The van der Waals surface area contributed by atoms with E-state index < -0.39 is 33.8 Å². The summed E-state index contributed by atoms with van der Waals surface area (Å²) in [6.07, 6.45) is 2.81. The lowest BCUT2D eigenvalue weighted by molar-refractivity contribution is -0.142. The lowest BCUT2D eigenvalue weighted by Gasteiger charge is -2.31. The van der Waals surface area contributed by atoms with E-state index in [0.29, 0.717) is 25.0 Å². The molecular weight excluding hydrogens is 395 g/mol. The van der Waals surface area contributed by atoms with Gasteiger partial charge in [0, 0.05) is 19.0 Å². The quantitative estimate of drug-likeness (QED) is 0.664. The lowest BCUT2D eigenvalue weighted by Crippen LogP contribution is -2.47. The van der Waals surface area contributed by atoms with Gasteiger partial charge in [-0.2, -0.15) is 16.1 Å². The van der Waals surface area contributed by atoms with Crippen LogP contribution >= 0.6 is 11.8 Å². The minimum absolute atomic E-state index is 0.00908. The topological polar surface area (TPSA) is 104 Å². The number of carbonyl (C=O) groups excluding carboxylic acids is 1. The minimum atomic E-state index is -3.74. The fraction of sp³-hybridized carbons (Fsp3) is 0.529. The van der Waals surface area contributed by atoms with Gasteiger partial charge in [0.05, 0.1) is 4.90 Å². The summed E-state index contributed by atoms with van der Waals surface area (Å²) in [7, 11) is -3.74. The molecule has 1 unspecified atom stereocenters. The van der Waals surface area contributed by atoms with E-state index in [0.717, 1.165) is 12.1 Å². The summed E-state index contributed by atoms with van der Waals surface area (Å²) in [5.74, 6) is -1.76. The first-order chi connectivity index (χ1) is 12.8. The lowest BCUT2D eigenvalue weighted by atomic mass is 9.96. The summed E-state index contributed by atoms with van der Waals surface area (Å²) in [6, 6.07) is 3.67. The molecule has 1 aromatic rings. The Labute approximate surface area is 162 Å². The van der Waals surface area contributed by atoms with Crippen LogP contribution in [0.5, 0.6) is 0 Å². The van der Waals surface area contributed by atoms with Crippen LogP contribution in [0.1, 0.15) is 19.3 Å². The predicted molar refractivity (Wildman–Crippen MR) is 100 cm³/mol. The number of aliphatic carboxylic acids is 1. The molecule has 2 N–H and O–H groups in total. The SMILES string of the molecule is CSCCC(NC(=O)C1CCN(S(=O)(=O)c2ccc(F)cc2)CC1)C(=O)O. The number of carbonyl (C=O) groups is 2. The number of nitrogens with zero attached hydrogens (tertiary/aromatic N) is 1. The minimum Gasteiger partial charge on any atom is -0.480 e. The number of hydrogen-bond acceptors (Lipinski definition) is 5. The van der Waals surface area contributed by atoms with Crippen LogP contribution in [0.15, 0.2) is 29.2 Å². The predicted octanol–water partition coefficient (Wildman–Crippen LogP) is 1.55. The molecule has 150 valence electrons. The number of amides is 1. The summed E-state index contributed by atoms with van der Waals surface area (Å²) in [5, 5.41) is 11.8. The first kappa shape index (κ1) is 21.6. The van der Waals surface area contributed by atoms with Crippen LogP contribution in [0.2, 0.25) is 0 Å². The molecule has 0 aliphatic carbocycles. The Morgan fingerprint density at radius 2 is 1.89 bits per heavy atom. The Balaban J connectivity index is 1.94. The summed E-state index contributed by atoms with van der Waals surface area (Å²) in [4.78, 5) is 23.6. The maximum absolute atomic E-state index is 13.0. The average Bonchev–Trinajstić information content (AvgIpc) is 2.65. The standard InChI is InChI=1S/C17H23FN2O5S2/c1-26-11-8-15(17(22)23)19-16(21)12-6-9-20(10-7-12)27(24,25)14-4-2-13(18)3-5-14/h2-5,12,15H,6-11H2,1H3,(H,19,21)(H,22,23). The fourth-order valence-corrected chi connectivity index (χ4v) is 4.84. The summed E-state index contributed by atoms with van der Waals surface area (Å²) in [6.45, 7) is 0.306. The monoisotopic (exact) mass is 418 g/mol. The number of thioether (sulfide) groups is 1. The average molecular weight is 419 g/mol. The van der Waals surface area contributed by atoms with Crippen LogP contribution in [0.3, 0.4) is 0 Å². The highest BCUT2D eigenvalue weighted by Gasteiger charge is 2.33. The third-order valence-corrected chi connectivity index (χ3v) is 7.06. The van der Waals surface area contributed by atoms with E-state index in [2.05, 4.69) is 5.32 Å². The van der Waals surface area contributed by atoms with Gasteiger partial charge < -0.3 is 10.4 Å². The molecular formula is C17H23FN2O5S2. The van der Waals surface area contributed by atoms with E-state index in [1.165, 1.54) is 28.2 Å². The second-order valence-electron chi connectivity index (χ2n) is 6.31. The first-order valence-corrected chi connectivity index (χ1v) is 11.4. The van der Waals surface area contributed by atoms with Gasteiger partial charge in [0.2, 0.25) is 15.9 Å². The van der Waals surface area contributed by atoms with Crippen LogP contribution in [-0.4, -0.2) is 60.8 Å². The number of piperidine rings is 1. The molecule has 0 saturated carbocycles. The number of carboxylic acid groups (broad SMARTS) is 1. The van der Waals surface area contributed by atoms with Crippen LogP contribution < -0.4 is 5.32 Å². The zero-order chi connectivity index (χ0) is 20.0. The van der Waals surface area contributed by atoms with Gasteiger partial charge in [0.15, 0.2) is 0 Å². The van der Waals surface area contributed by atoms with Gasteiger partial charge in [-0.15, -0.1) is 0 Å². The molecule has 1 heterocycles. The second-order valence-corrected chi connectivity index (χ2v) is 9.24. The van der Waals surface area contributed by atoms with Crippen molar-refractivity contribution in [3.8, 4) is 0 Å². The molecule has 1 aliphatic rings. The van der Waals surface area contributed by atoms with Crippen molar-refractivity contribution in [2.75, 3.05) is 25.1 Å². The summed E-state index contributed by atoms with van der Waals surface area (Å²) in [5.41, 5.74) is 0. The zero-order valence-electron chi connectivity index (χ0n) is 14.9. The molecule has 27 heavy (non-hydrogen) atoms. The molecule has 7 nitrogen and oxygen atoms in total. The summed E-state index contributed by atoms with van der Waals surface area (Å²) < 4.78 is 39.4. The van der Waals surface area contributed by atoms with E-state index >= 15 is 0 Å². The molecule has 1 aliphatic heterocycles. The molecule has 10 heteroatoms. The third kappa shape index (κ3) is 5.66. The number of hydrogen-bond donors (Lipinski definition) is 2. The third-order valence-electron chi connectivity index (χ3n) is 4.50. The number of halogens is 1. The molecule has 1 aromatic carbocycles. The highest BCUT2D eigenvalue weighted by Crippen LogP contribution is 2.24. The maximum Gasteiger partial charge on any atom is 0.326 e. The normalized spacial score (nSPS) is 17.4. The Morgan fingerprint density at radius 3 is 2.41 bits per heavy atom. The van der Waals surface area contributed by atoms with Crippen molar-refractivity contribution >= 4 is 33.7 Å². The van der Waals surface area contributed by atoms with Crippen LogP contribution in [0.4, 0.5) is 4.39 Å². The number of carboxylic acids is 1. The molecule has 1 saturated heterocycles. The van der Waals surface area contributed by atoms with Gasteiger partial charge >= 0.3 is 5.97 Å². The zero-order valence-corrected chi connectivity index (χ0v) is 16.6. The molecule has 0 spiro atoms. The van der Waals surface area contributed by atoms with Crippen molar-refractivity contribution in [2.24, 2.45) is 5.92 Å². The first-order valence-electron chi connectivity index (χ1n) is 8.53. The highest BCUT2D eigenvalue weighted by molar-refractivity contribution is 7.98. The van der Waals surface area contributed by atoms with Crippen LogP contribution in [0.25, 0.3) is 0 Å². The Kier molecular flexibility index (Phi) is 7.63. The van der Waals surface area contributed by atoms with Gasteiger partial charge in [0.25, 0.3) is 0 Å². The molecule has 1 amide bonds. The molecule has 1 atom stereocenters. The largest absolute Gasteiger partial charge is 0.480 e. The molecule has 0 bridgehead atoms. The Bertz CT molecular complexity index is 762. The molecule has 0 aromatic heterocycles. The van der Waals surface area contributed by atoms with Crippen molar-refractivity contribution in [2.45, 2.75) is 30.2 Å². The van der Waals surface area contributed by atoms with E-state index in [-0.39, 0.29) is 23.9 Å². The van der Waals surface area contributed by atoms with Crippen molar-refractivity contribution in [1.29, 1.82) is 0 Å². The van der Waals surface area contributed by atoms with E-state index in [9.17, 15) is 27.5 Å². The number of nitrogens with one attached hydrogen (secondary N) is 1. The second kappa shape index (κ2) is 9.52. The van der Waals surface area contributed by atoms with Crippen molar-refractivity contribution in [3.63, 3.8) is 0 Å². The highest BCUT2D eigenvalue weighted by atomic mass is 32.2. The molecule has 2 rings (SSSR count). The van der Waals surface area contributed by atoms with Gasteiger partial charge in [-0.1, -0.05) is 0 Å².